The van der Waals surface area contributed by atoms with Crippen LogP contribution in [0.25, 0.3) is 10.9 Å². The minimum Gasteiger partial charge on any atom is -0.465 e. The first-order valence-electron chi connectivity index (χ1n) is 10.7. The molecule has 0 unspecified atom stereocenters. The number of hydrogen-bond donors (Lipinski definition) is 1. The average molecular weight is 451 g/mol. The van der Waals surface area contributed by atoms with Crippen LogP contribution in [-0.2, 0) is 40.0 Å². The quantitative estimate of drug-likeness (QED) is 0.594. The molecule has 7 nitrogen and oxygen atoms in total. The van der Waals surface area contributed by atoms with Crippen molar-refractivity contribution in [3.8, 4) is 0 Å². The number of ether oxygens (including phenoxy) is 2. The third-order valence-electron chi connectivity index (χ3n) is 6.02. The summed E-state index contributed by atoms with van der Waals surface area (Å²) in [6.07, 6.45) is 5.21. The Balaban J connectivity index is 1.34. The average Bonchev–Trinajstić information content (AvgIpc) is 3.51. The molecule has 0 saturated heterocycles. The van der Waals surface area contributed by atoms with Crippen molar-refractivity contribution in [1.82, 2.24) is 4.98 Å². The van der Waals surface area contributed by atoms with E-state index in [0.29, 0.717) is 16.1 Å². The van der Waals surface area contributed by atoms with Gasteiger partial charge in [-0.2, -0.15) is 0 Å². The van der Waals surface area contributed by atoms with Gasteiger partial charge in [-0.3, -0.25) is 9.78 Å². The van der Waals surface area contributed by atoms with Crippen LogP contribution in [0.4, 0.5) is 5.00 Å². The van der Waals surface area contributed by atoms with Crippen molar-refractivity contribution in [2.24, 2.45) is 0 Å². The van der Waals surface area contributed by atoms with E-state index in [2.05, 4.69) is 10.3 Å². The molecule has 1 N–H and O–H groups in total. The van der Waals surface area contributed by atoms with Gasteiger partial charge in [0, 0.05) is 16.0 Å². The highest BCUT2D eigenvalue weighted by Gasteiger charge is 2.29. The molecule has 2 aliphatic carbocycles. The molecule has 2 aromatic heterocycles. The summed E-state index contributed by atoms with van der Waals surface area (Å²) >= 11 is 1.39. The Kier molecular flexibility index (Phi) is 5.38. The van der Waals surface area contributed by atoms with E-state index >= 15 is 0 Å². The van der Waals surface area contributed by atoms with Gasteiger partial charge in [0.05, 0.1) is 23.8 Å². The van der Waals surface area contributed by atoms with Crippen molar-refractivity contribution >= 4 is 45.1 Å². The number of methoxy groups -OCH3 is 1. The number of hydrogen-bond acceptors (Lipinski definition) is 7. The first-order chi connectivity index (χ1) is 15.6. The Morgan fingerprint density at radius 1 is 1.00 bits per heavy atom. The van der Waals surface area contributed by atoms with Gasteiger partial charge in [0.15, 0.2) is 6.61 Å². The lowest BCUT2D eigenvalue weighted by Gasteiger charge is -2.12. The van der Waals surface area contributed by atoms with E-state index in [1.165, 1.54) is 18.4 Å². The van der Waals surface area contributed by atoms with Crippen LogP contribution in [0.2, 0.25) is 0 Å². The van der Waals surface area contributed by atoms with Crippen molar-refractivity contribution in [2.45, 2.75) is 38.5 Å². The highest BCUT2D eigenvalue weighted by molar-refractivity contribution is 7.17. The fourth-order valence-electron chi connectivity index (χ4n) is 4.62. The zero-order valence-corrected chi connectivity index (χ0v) is 18.5. The van der Waals surface area contributed by atoms with Gasteiger partial charge in [-0.05, 0) is 55.7 Å². The number of anilines is 1. The highest BCUT2D eigenvalue weighted by Crippen LogP contribution is 2.39. The molecule has 5 rings (SSSR count). The van der Waals surface area contributed by atoms with Gasteiger partial charge < -0.3 is 14.8 Å². The number of benzene rings is 1. The van der Waals surface area contributed by atoms with E-state index in [1.807, 2.05) is 24.3 Å². The van der Waals surface area contributed by atoms with Gasteiger partial charge in [-0.15, -0.1) is 11.3 Å². The summed E-state index contributed by atoms with van der Waals surface area (Å²) < 4.78 is 10.3. The first-order valence-corrected chi connectivity index (χ1v) is 11.5. The molecule has 0 atom stereocenters. The fraction of sp³-hybridized carbons (Fsp3) is 0.333. The third kappa shape index (κ3) is 3.54. The zero-order valence-electron chi connectivity index (χ0n) is 17.7. The number of pyridine rings is 1. The van der Waals surface area contributed by atoms with Gasteiger partial charge in [0.25, 0.3) is 5.91 Å². The number of carbonyl (C=O) groups is 3. The molecule has 0 aliphatic heterocycles. The van der Waals surface area contributed by atoms with Crippen molar-refractivity contribution in [1.29, 1.82) is 0 Å². The fourth-order valence-corrected chi connectivity index (χ4v) is 5.91. The molecule has 8 heteroatoms. The Hall–Kier alpha value is -3.26. The van der Waals surface area contributed by atoms with E-state index in [1.54, 1.807) is 0 Å². The number of rotatable bonds is 5. The summed E-state index contributed by atoms with van der Waals surface area (Å²) in [6, 6.07) is 7.48. The molecule has 2 aliphatic rings. The summed E-state index contributed by atoms with van der Waals surface area (Å²) in [4.78, 5) is 43.6. The predicted octanol–water partition coefficient (Wildman–Crippen LogP) is 3.86. The van der Waals surface area contributed by atoms with E-state index in [0.717, 1.165) is 71.1 Å². The van der Waals surface area contributed by atoms with E-state index in [-0.39, 0.29) is 0 Å². The summed E-state index contributed by atoms with van der Waals surface area (Å²) in [7, 11) is 1.33. The number of fused-ring (bicyclic) bond motifs is 3. The molecule has 1 aromatic carbocycles. The highest BCUT2D eigenvalue weighted by atomic mass is 32.1. The van der Waals surface area contributed by atoms with Crippen LogP contribution >= 0.6 is 11.3 Å². The maximum atomic E-state index is 13.0. The number of thiophene rings is 1. The molecule has 2 heterocycles. The smallest absolute Gasteiger partial charge is 0.341 e. The van der Waals surface area contributed by atoms with Crippen molar-refractivity contribution in [3.63, 3.8) is 0 Å². The summed E-state index contributed by atoms with van der Waals surface area (Å²) in [5.74, 6) is -1.48. The summed E-state index contributed by atoms with van der Waals surface area (Å²) in [5, 5.41) is 3.93. The zero-order chi connectivity index (χ0) is 22.2. The number of aromatic nitrogens is 1. The van der Waals surface area contributed by atoms with E-state index in [9.17, 15) is 14.4 Å². The van der Waals surface area contributed by atoms with Crippen LogP contribution in [0, 0.1) is 0 Å². The van der Waals surface area contributed by atoms with Crippen LogP contribution in [-0.4, -0.2) is 36.5 Å². The maximum absolute atomic E-state index is 13.0. The molecule has 1 amide bonds. The van der Waals surface area contributed by atoms with Gasteiger partial charge >= 0.3 is 11.9 Å². The summed E-state index contributed by atoms with van der Waals surface area (Å²) in [5.41, 5.74) is 4.46. The van der Waals surface area contributed by atoms with Crippen LogP contribution in [0.3, 0.4) is 0 Å². The molecular formula is C24H22N2O5S. The molecule has 0 spiro atoms. The van der Waals surface area contributed by atoms with Crippen LogP contribution in [0.5, 0.6) is 0 Å². The molecular weight excluding hydrogens is 428 g/mol. The lowest BCUT2D eigenvalue weighted by molar-refractivity contribution is -0.119. The molecule has 3 aromatic rings. The Morgan fingerprint density at radius 3 is 2.62 bits per heavy atom. The van der Waals surface area contributed by atoms with Crippen LogP contribution in [0.15, 0.2) is 24.3 Å². The number of para-hydroxylation sites is 1. The first kappa shape index (κ1) is 20.6. The number of carbonyl (C=O) groups excluding carboxylic acids is 3. The van der Waals surface area contributed by atoms with Gasteiger partial charge in [0.1, 0.15) is 5.00 Å². The van der Waals surface area contributed by atoms with E-state index in [4.69, 9.17) is 9.47 Å². The van der Waals surface area contributed by atoms with Gasteiger partial charge in [0.2, 0.25) is 0 Å². The standard InChI is InChI=1S/C24H22N2O5S/c1-30-23(28)21-15-8-5-11-18(15)32-22(21)26-19(27)12-31-24(29)20-13-6-2-3-9-16(13)25-17-10-4-7-14(17)20/h2-3,6,9H,4-5,7-8,10-12H2,1H3,(H,26,27). The molecule has 0 saturated carbocycles. The summed E-state index contributed by atoms with van der Waals surface area (Å²) in [6.45, 7) is -0.437. The van der Waals surface area contributed by atoms with Crippen molar-refractivity contribution in [2.75, 3.05) is 19.0 Å². The topological polar surface area (TPSA) is 94.6 Å². The number of nitrogens with zero attached hydrogens (tertiary/aromatic N) is 1. The van der Waals surface area contributed by atoms with E-state index < -0.39 is 24.5 Å². The number of nitrogens with one attached hydrogen (secondary N) is 1. The number of aryl methyl sites for hydroxylation is 2. The van der Waals surface area contributed by atoms with Crippen molar-refractivity contribution in [3.05, 3.63) is 57.1 Å². The normalized spacial score (nSPS) is 14.2. The SMILES string of the molecule is COC(=O)c1c(NC(=O)COC(=O)c2c3c(nc4ccccc24)CCC3)sc2c1CCC2. The lowest BCUT2D eigenvalue weighted by Crippen LogP contribution is -2.22. The second-order valence-electron chi connectivity index (χ2n) is 7.96. The molecule has 0 bridgehead atoms. The molecule has 0 radical (unpaired) electrons. The van der Waals surface area contributed by atoms with Gasteiger partial charge in [-0.1, -0.05) is 18.2 Å². The largest absolute Gasteiger partial charge is 0.465 e. The Labute approximate surface area is 188 Å². The van der Waals surface area contributed by atoms with Gasteiger partial charge in [-0.25, -0.2) is 9.59 Å². The Bertz CT molecular complexity index is 1260. The maximum Gasteiger partial charge on any atom is 0.341 e. The molecule has 32 heavy (non-hydrogen) atoms. The van der Waals surface area contributed by atoms with Crippen LogP contribution < -0.4 is 5.32 Å². The number of esters is 2. The Morgan fingerprint density at radius 2 is 1.78 bits per heavy atom. The van der Waals surface area contributed by atoms with Crippen LogP contribution in [0.1, 0.15) is 55.3 Å². The minimum absolute atomic E-state index is 0.419. The molecule has 164 valence electrons. The monoisotopic (exact) mass is 450 g/mol. The van der Waals surface area contributed by atoms with Crippen molar-refractivity contribution < 1.29 is 23.9 Å². The second-order valence-corrected chi connectivity index (χ2v) is 9.07. The molecule has 0 fully saturated rings. The minimum atomic E-state index is -0.529. The second kappa shape index (κ2) is 8.35. The number of amides is 1. The third-order valence-corrected chi connectivity index (χ3v) is 7.23. The lowest BCUT2D eigenvalue weighted by atomic mass is 10.0. The predicted molar refractivity (Wildman–Crippen MR) is 120 cm³/mol.